The molecule has 0 fully saturated rings. The summed E-state index contributed by atoms with van der Waals surface area (Å²) in [7, 11) is 3.22. The molecule has 0 amide bonds. The lowest BCUT2D eigenvalue weighted by Gasteiger charge is -2.17. The van der Waals surface area contributed by atoms with Gasteiger partial charge < -0.3 is 20.1 Å². The molecule has 0 saturated heterocycles. The molecule has 0 spiro atoms. The molecule has 0 aromatic carbocycles. The van der Waals surface area contributed by atoms with Crippen LogP contribution in [0.1, 0.15) is 13.3 Å². The molecule has 0 rings (SSSR count). The van der Waals surface area contributed by atoms with Gasteiger partial charge in [-0.25, -0.2) is 0 Å². The Labute approximate surface area is 111 Å². The fourth-order valence-corrected chi connectivity index (χ4v) is 1.29. The summed E-state index contributed by atoms with van der Waals surface area (Å²) in [6.45, 7) is 1.80. The number of nitrogens with zero attached hydrogens (tertiary/aromatic N) is 1. The zero-order valence-corrected chi connectivity index (χ0v) is 11.5. The Morgan fingerprint density at radius 1 is 1.37 bits per heavy atom. The van der Waals surface area contributed by atoms with E-state index in [1.807, 2.05) is 6.92 Å². The standard InChI is InChI=1S/C11H22F3N3O2/c1-9(7-18-3)17-10(15-2)16-5-4-6-19-8-11(12,13)14/h9H,4-8H2,1-3H3,(H2,15,16,17). The van der Waals surface area contributed by atoms with Crippen LogP contribution in [0.3, 0.4) is 0 Å². The summed E-state index contributed by atoms with van der Waals surface area (Å²) < 4.78 is 44.8. The van der Waals surface area contributed by atoms with Crippen molar-refractivity contribution in [2.45, 2.75) is 25.6 Å². The summed E-state index contributed by atoms with van der Waals surface area (Å²) in [5.74, 6) is 0.584. The molecule has 0 radical (unpaired) electrons. The van der Waals surface area contributed by atoms with Gasteiger partial charge in [0.1, 0.15) is 6.61 Å². The summed E-state index contributed by atoms with van der Waals surface area (Å²) in [6, 6.07) is 0.0951. The van der Waals surface area contributed by atoms with Crippen molar-refractivity contribution in [1.29, 1.82) is 0 Å². The van der Waals surface area contributed by atoms with E-state index in [4.69, 9.17) is 4.74 Å². The second-order valence-corrected chi connectivity index (χ2v) is 4.02. The lowest BCUT2D eigenvalue weighted by Crippen LogP contribution is -2.44. The molecule has 8 heteroatoms. The lowest BCUT2D eigenvalue weighted by atomic mass is 10.4. The Balaban J connectivity index is 3.63. The van der Waals surface area contributed by atoms with Crippen LogP contribution in [-0.4, -0.2) is 58.7 Å². The third kappa shape index (κ3) is 11.8. The fraction of sp³-hybridized carbons (Fsp3) is 0.909. The number of methoxy groups -OCH3 is 1. The second-order valence-electron chi connectivity index (χ2n) is 4.02. The number of nitrogens with one attached hydrogen (secondary N) is 2. The second kappa shape index (κ2) is 9.85. The van der Waals surface area contributed by atoms with E-state index >= 15 is 0 Å². The predicted molar refractivity (Wildman–Crippen MR) is 67.3 cm³/mol. The van der Waals surface area contributed by atoms with E-state index in [9.17, 15) is 13.2 Å². The van der Waals surface area contributed by atoms with Gasteiger partial charge in [0.2, 0.25) is 0 Å². The van der Waals surface area contributed by atoms with Crippen LogP contribution in [0.5, 0.6) is 0 Å². The highest BCUT2D eigenvalue weighted by atomic mass is 19.4. The first-order chi connectivity index (χ1) is 8.89. The Hall–Kier alpha value is -1.02. The largest absolute Gasteiger partial charge is 0.411 e. The number of hydrogen-bond donors (Lipinski definition) is 2. The Kier molecular flexibility index (Phi) is 9.32. The molecule has 0 aliphatic carbocycles. The fourth-order valence-electron chi connectivity index (χ4n) is 1.29. The minimum atomic E-state index is -4.26. The number of ether oxygens (including phenoxy) is 2. The van der Waals surface area contributed by atoms with Crippen molar-refractivity contribution >= 4 is 5.96 Å². The molecule has 0 aromatic rings. The number of guanidine groups is 1. The molecule has 0 aromatic heterocycles. The highest BCUT2D eigenvalue weighted by Crippen LogP contribution is 2.14. The summed E-state index contributed by atoms with van der Waals surface area (Å²) in [4.78, 5) is 3.99. The van der Waals surface area contributed by atoms with Gasteiger partial charge >= 0.3 is 6.18 Å². The van der Waals surface area contributed by atoms with E-state index in [1.54, 1.807) is 14.2 Å². The van der Waals surface area contributed by atoms with Crippen LogP contribution in [0.25, 0.3) is 0 Å². The van der Waals surface area contributed by atoms with Crippen LogP contribution in [-0.2, 0) is 9.47 Å². The number of alkyl halides is 3. The van der Waals surface area contributed by atoms with Crippen LogP contribution in [0.4, 0.5) is 13.2 Å². The van der Waals surface area contributed by atoms with Gasteiger partial charge in [-0.3, -0.25) is 4.99 Å². The number of aliphatic imine (C=N–C) groups is 1. The molecule has 0 aliphatic heterocycles. The zero-order valence-electron chi connectivity index (χ0n) is 11.5. The van der Waals surface area contributed by atoms with Crippen LogP contribution < -0.4 is 10.6 Å². The first-order valence-corrected chi connectivity index (χ1v) is 5.99. The Morgan fingerprint density at radius 2 is 2.05 bits per heavy atom. The molecule has 1 unspecified atom stereocenters. The van der Waals surface area contributed by atoms with Crippen LogP contribution >= 0.6 is 0 Å². The first-order valence-electron chi connectivity index (χ1n) is 5.99. The number of halogens is 3. The van der Waals surface area contributed by atoms with Gasteiger partial charge in [0.25, 0.3) is 0 Å². The molecular weight excluding hydrogens is 263 g/mol. The van der Waals surface area contributed by atoms with Crippen molar-refractivity contribution in [3.05, 3.63) is 0 Å². The summed E-state index contributed by atoms with van der Waals surface area (Å²) in [5, 5.41) is 6.05. The van der Waals surface area contributed by atoms with Crippen LogP contribution in [0.15, 0.2) is 4.99 Å². The van der Waals surface area contributed by atoms with E-state index in [0.717, 1.165) is 0 Å². The maximum atomic E-state index is 11.8. The summed E-state index contributed by atoms with van der Waals surface area (Å²) in [5.41, 5.74) is 0. The van der Waals surface area contributed by atoms with Gasteiger partial charge in [0.15, 0.2) is 5.96 Å². The average molecular weight is 285 g/mol. The first kappa shape index (κ1) is 18.0. The van der Waals surface area contributed by atoms with E-state index in [0.29, 0.717) is 25.5 Å². The van der Waals surface area contributed by atoms with Crippen molar-refractivity contribution in [2.24, 2.45) is 4.99 Å². The van der Waals surface area contributed by atoms with Crippen molar-refractivity contribution < 1.29 is 22.6 Å². The monoisotopic (exact) mass is 285 g/mol. The van der Waals surface area contributed by atoms with Crippen molar-refractivity contribution in [3.63, 3.8) is 0 Å². The molecule has 0 aliphatic rings. The van der Waals surface area contributed by atoms with Crippen LogP contribution in [0.2, 0.25) is 0 Å². The third-order valence-electron chi connectivity index (χ3n) is 2.05. The van der Waals surface area contributed by atoms with E-state index < -0.39 is 12.8 Å². The van der Waals surface area contributed by atoms with Gasteiger partial charge in [-0.15, -0.1) is 0 Å². The lowest BCUT2D eigenvalue weighted by molar-refractivity contribution is -0.173. The number of hydrogen-bond acceptors (Lipinski definition) is 3. The van der Waals surface area contributed by atoms with Gasteiger partial charge in [-0.05, 0) is 13.3 Å². The molecule has 0 saturated carbocycles. The van der Waals surface area contributed by atoms with Gasteiger partial charge in [0.05, 0.1) is 6.61 Å². The van der Waals surface area contributed by atoms with Gasteiger partial charge in [-0.2, -0.15) is 13.2 Å². The molecule has 5 nitrogen and oxygen atoms in total. The highest BCUT2D eigenvalue weighted by Gasteiger charge is 2.27. The normalized spacial score (nSPS) is 14.3. The average Bonchev–Trinajstić information content (AvgIpc) is 2.31. The maximum Gasteiger partial charge on any atom is 0.411 e. The molecule has 2 N–H and O–H groups in total. The van der Waals surface area contributed by atoms with Crippen molar-refractivity contribution in [1.82, 2.24) is 10.6 Å². The minimum absolute atomic E-state index is 0.0527. The van der Waals surface area contributed by atoms with E-state index in [-0.39, 0.29) is 12.6 Å². The molecule has 0 heterocycles. The quantitative estimate of drug-likeness (QED) is 0.399. The highest BCUT2D eigenvalue weighted by molar-refractivity contribution is 5.79. The van der Waals surface area contributed by atoms with Crippen molar-refractivity contribution in [2.75, 3.05) is 40.5 Å². The molecule has 114 valence electrons. The SMILES string of the molecule is CN=C(NCCCOCC(F)(F)F)NC(C)COC. The molecule has 1 atom stereocenters. The van der Waals surface area contributed by atoms with Crippen molar-refractivity contribution in [3.8, 4) is 0 Å². The molecule has 19 heavy (non-hydrogen) atoms. The molecular formula is C11H22F3N3O2. The summed E-state index contributed by atoms with van der Waals surface area (Å²) >= 11 is 0. The zero-order chi connectivity index (χ0) is 14.7. The Morgan fingerprint density at radius 3 is 2.58 bits per heavy atom. The van der Waals surface area contributed by atoms with Gasteiger partial charge in [-0.1, -0.05) is 0 Å². The van der Waals surface area contributed by atoms with Gasteiger partial charge in [0, 0.05) is 33.4 Å². The Bertz CT molecular complexity index is 260. The predicted octanol–water partition coefficient (Wildman–Crippen LogP) is 1.16. The van der Waals surface area contributed by atoms with Crippen LogP contribution in [0, 0.1) is 0 Å². The smallest absolute Gasteiger partial charge is 0.383 e. The topological polar surface area (TPSA) is 54.9 Å². The van der Waals surface area contributed by atoms with E-state index in [2.05, 4.69) is 20.4 Å². The van der Waals surface area contributed by atoms with E-state index in [1.165, 1.54) is 0 Å². The molecule has 0 bridgehead atoms. The third-order valence-corrected chi connectivity index (χ3v) is 2.05. The number of rotatable bonds is 8. The summed E-state index contributed by atoms with van der Waals surface area (Å²) in [6.07, 6.45) is -3.80. The minimum Gasteiger partial charge on any atom is -0.383 e. The maximum absolute atomic E-state index is 11.8.